The molecule has 0 saturated heterocycles. The van der Waals surface area contributed by atoms with Crippen LogP contribution < -0.4 is 9.47 Å². The van der Waals surface area contributed by atoms with Gasteiger partial charge in [0.2, 0.25) is 0 Å². The maximum atomic E-state index is 14.9. The molecule has 9 heteroatoms. The summed E-state index contributed by atoms with van der Waals surface area (Å²) >= 11 is 0. The fraction of sp³-hybridized carbons (Fsp3) is 0.276. The fourth-order valence-corrected chi connectivity index (χ4v) is 4.31. The summed E-state index contributed by atoms with van der Waals surface area (Å²) in [6, 6.07) is 19.7. The molecule has 0 spiro atoms. The van der Waals surface area contributed by atoms with E-state index in [0.717, 1.165) is 5.56 Å². The molecule has 0 N–H and O–H groups in total. The molecule has 198 valence electrons. The van der Waals surface area contributed by atoms with Crippen LogP contribution in [0.5, 0.6) is 11.5 Å². The van der Waals surface area contributed by atoms with Crippen LogP contribution in [0.15, 0.2) is 77.9 Å². The Morgan fingerprint density at radius 3 is 2.39 bits per heavy atom. The van der Waals surface area contributed by atoms with Gasteiger partial charge >= 0.3 is 0 Å². The minimum atomic E-state index is -0.662. The summed E-state index contributed by atoms with van der Waals surface area (Å²) in [5.74, 6) is 0.0623. The Balaban J connectivity index is 1.64. The van der Waals surface area contributed by atoms with Gasteiger partial charge in [0.05, 0.1) is 32.6 Å². The number of methoxy groups -OCH3 is 3. The number of benzene rings is 3. The van der Waals surface area contributed by atoms with Crippen molar-refractivity contribution in [2.24, 2.45) is 5.10 Å². The van der Waals surface area contributed by atoms with Crippen LogP contribution in [-0.2, 0) is 9.53 Å². The van der Waals surface area contributed by atoms with Crippen LogP contribution in [0.2, 0.25) is 0 Å². The number of hydrogen-bond donors (Lipinski definition) is 0. The van der Waals surface area contributed by atoms with Crippen molar-refractivity contribution in [1.82, 2.24) is 9.91 Å². The molecule has 0 aliphatic carbocycles. The molecule has 0 aromatic heterocycles. The average molecular weight is 520 g/mol. The molecule has 3 aromatic carbocycles. The lowest BCUT2D eigenvalue weighted by Crippen LogP contribution is -2.42. The number of carbonyl (C=O) groups excluding carboxylic acids is 2. The van der Waals surface area contributed by atoms with Crippen LogP contribution in [0.1, 0.15) is 33.9 Å². The Bertz CT molecular complexity index is 1310. The second-order valence-electron chi connectivity index (χ2n) is 8.71. The van der Waals surface area contributed by atoms with E-state index in [4.69, 9.17) is 14.2 Å². The van der Waals surface area contributed by atoms with Gasteiger partial charge in [0.15, 0.2) is 0 Å². The van der Waals surface area contributed by atoms with Crippen LogP contribution in [0.25, 0.3) is 0 Å². The number of hydrazone groups is 1. The van der Waals surface area contributed by atoms with Gasteiger partial charge in [-0.1, -0.05) is 30.3 Å². The maximum absolute atomic E-state index is 14.9. The smallest absolute Gasteiger partial charge is 0.262 e. The molecular formula is C29H30FN3O5. The van der Waals surface area contributed by atoms with Gasteiger partial charge in [-0.05, 0) is 42.5 Å². The number of hydrogen-bond acceptors (Lipinski definition) is 6. The molecule has 1 aliphatic heterocycles. The monoisotopic (exact) mass is 519 g/mol. The second-order valence-corrected chi connectivity index (χ2v) is 8.71. The SMILES string of the molecule is COCCN(CC(=O)N1N=C(c2cccc(OC)c2)C[C@H]1c1ccccc1F)C(=O)c1ccc(OC)cc1. The average Bonchev–Trinajstić information content (AvgIpc) is 3.40. The molecule has 0 unspecified atom stereocenters. The van der Waals surface area contributed by atoms with E-state index >= 15 is 0 Å². The van der Waals surface area contributed by atoms with Crippen LogP contribution in [0, 0.1) is 5.82 Å². The molecule has 4 rings (SSSR count). The number of carbonyl (C=O) groups is 2. The Labute approximate surface area is 221 Å². The lowest BCUT2D eigenvalue weighted by Gasteiger charge is -2.27. The molecule has 8 nitrogen and oxygen atoms in total. The standard InChI is InChI=1S/C29H30FN3O5/c1-36-16-15-32(29(35)20-11-13-22(37-2)14-12-20)19-28(34)33-27(24-9-4-5-10-25(24)30)18-26(31-33)21-7-6-8-23(17-21)38-3/h4-14,17,27H,15-16,18-19H2,1-3H3/t27-/m0/s1. The van der Waals surface area contributed by atoms with E-state index < -0.39 is 17.8 Å². The summed E-state index contributed by atoms with van der Waals surface area (Å²) in [5.41, 5.74) is 2.15. The Hall–Kier alpha value is -4.24. The largest absolute Gasteiger partial charge is 0.497 e. The third-order valence-corrected chi connectivity index (χ3v) is 6.35. The van der Waals surface area contributed by atoms with Gasteiger partial charge in [-0.25, -0.2) is 9.40 Å². The lowest BCUT2D eigenvalue weighted by molar-refractivity contribution is -0.133. The summed E-state index contributed by atoms with van der Waals surface area (Å²) in [6.45, 7) is 0.177. The van der Waals surface area contributed by atoms with Gasteiger partial charge in [-0.2, -0.15) is 5.10 Å². The summed E-state index contributed by atoms with van der Waals surface area (Å²) < 4.78 is 30.5. The van der Waals surface area contributed by atoms with Gasteiger partial charge < -0.3 is 19.1 Å². The van der Waals surface area contributed by atoms with Gasteiger partial charge in [0, 0.05) is 36.8 Å². The first-order valence-corrected chi connectivity index (χ1v) is 12.2. The highest BCUT2D eigenvalue weighted by molar-refractivity contribution is 6.04. The molecule has 0 bridgehead atoms. The first-order chi connectivity index (χ1) is 18.4. The number of amides is 2. The van der Waals surface area contributed by atoms with E-state index in [9.17, 15) is 14.0 Å². The lowest BCUT2D eigenvalue weighted by atomic mass is 9.98. The van der Waals surface area contributed by atoms with E-state index in [1.807, 2.05) is 24.3 Å². The molecule has 3 aromatic rings. The van der Waals surface area contributed by atoms with E-state index in [-0.39, 0.29) is 25.6 Å². The molecule has 2 amide bonds. The molecule has 38 heavy (non-hydrogen) atoms. The van der Waals surface area contributed by atoms with Crippen molar-refractivity contribution >= 4 is 17.5 Å². The van der Waals surface area contributed by atoms with Crippen LogP contribution in [-0.4, -0.2) is 68.5 Å². The van der Waals surface area contributed by atoms with Gasteiger partial charge in [-0.3, -0.25) is 9.59 Å². The molecule has 1 aliphatic rings. The van der Waals surface area contributed by atoms with Gasteiger partial charge in [0.1, 0.15) is 23.9 Å². The van der Waals surface area contributed by atoms with Crippen molar-refractivity contribution in [3.8, 4) is 11.5 Å². The molecule has 0 saturated carbocycles. The normalized spacial score (nSPS) is 14.7. The highest BCUT2D eigenvalue weighted by Gasteiger charge is 2.36. The Kier molecular flexibility index (Phi) is 8.70. The minimum absolute atomic E-state index is 0.192. The van der Waals surface area contributed by atoms with E-state index in [0.29, 0.717) is 34.8 Å². The fourth-order valence-electron chi connectivity index (χ4n) is 4.31. The highest BCUT2D eigenvalue weighted by atomic mass is 19.1. The van der Waals surface area contributed by atoms with Crippen molar-refractivity contribution in [2.45, 2.75) is 12.5 Å². The predicted molar refractivity (Wildman–Crippen MR) is 141 cm³/mol. The first-order valence-electron chi connectivity index (χ1n) is 12.2. The zero-order valence-electron chi connectivity index (χ0n) is 21.6. The zero-order chi connectivity index (χ0) is 27.1. The summed E-state index contributed by atoms with van der Waals surface area (Å²) in [6.07, 6.45) is 0.310. The van der Waals surface area contributed by atoms with Gasteiger partial charge in [-0.15, -0.1) is 0 Å². The van der Waals surface area contributed by atoms with E-state index in [1.165, 1.54) is 23.1 Å². The summed E-state index contributed by atoms with van der Waals surface area (Å²) in [5, 5.41) is 5.90. The van der Waals surface area contributed by atoms with Crippen LogP contribution in [0.4, 0.5) is 4.39 Å². The Morgan fingerprint density at radius 2 is 1.71 bits per heavy atom. The molecular weight excluding hydrogens is 489 g/mol. The van der Waals surface area contributed by atoms with E-state index in [2.05, 4.69) is 5.10 Å². The van der Waals surface area contributed by atoms with Gasteiger partial charge in [0.25, 0.3) is 11.8 Å². The predicted octanol–water partition coefficient (Wildman–Crippen LogP) is 4.31. The van der Waals surface area contributed by atoms with Crippen LogP contribution >= 0.6 is 0 Å². The number of rotatable bonds is 10. The topological polar surface area (TPSA) is 80.7 Å². The first kappa shape index (κ1) is 26.8. The third-order valence-electron chi connectivity index (χ3n) is 6.35. The van der Waals surface area contributed by atoms with Crippen LogP contribution in [0.3, 0.4) is 0 Å². The quantitative estimate of drug-likeness (QED) is 0.399. The number of ether oxygens (including phenoxy) is 3. The minimum Gasteiger partial charge on any atom is -0.497 e. The van der Waals surface area contributed by atoms with Crippen molar-refractivity contribution in [3.05, 3.63) is 95.3 Å². The molecule has 0 radical (unpaired) electrons. The maximum Gasteiger partial charge on any atom is 0.262 e. The molecule has 1 heterocycles. The number of halogens is 1. The summed E-state index contributed by atoms with van der Waals surface area (Å²) in [7, 11) is 4.64. The third kappa shape index (κ3) is 6.00. The highest BCUT2D eigenvalue weighted by Crippen LogP contribution is 2.34. The van der Waals surface area contributed by atoms with Crippen molar-refractivity contribution < 1.29 is 28.2 Å². The second kappa shape index (κ2) is 12.3. The summed E-state index contributed by atoms with van der Waals surface area (Å²) in [4.78, 5) is 28.4. The van der Waals surface area contributed by atoms with Crippen molar-refractivity contribution in [3.63, 3.8) is 0 Å². The number of nitrogens with zero attached hydrogens (tertiary/aromatic N) is 3. The van der Waals surface area contributed by atoms with Crippen molar-refractivity contribution in [1.29, 1.82) is 0 Å². The molecule has 0 fully saturated rings. The molecule has 1 atom stereocenters. The Morgan fingerprint density at radius 1 is 0.974 bits per heavy atom. The zero-order valence-corrected chi connectivity index (χ0v) is 21.6. The van der Waals surface area contributed by atoms with Crippen molar-refractivity contribution in [2.75, 3.05) is 41.0 Å². The van der Waals surface area contributed by atoms with E-state index in [1.54, 1.807) is 56.7 Å².